The van der Waals surface area contributed by atoms with Gasteiger partial charge >= 0.3 is 0 Å². The Morgan fingerprint density at radius 3 is 2.86 bits per heavy atom. The molecule has 1 aliphatic rings. The lowest BCUT2D eigenvalue weighted by Gasteiger charge is -2.14. The van der Waals surface area contributed by atoms with Gasteiger partial charge < -0.3 is 19.8 Å². The van der Waals surface area contributed by atoms with Crippen molar-refractivity contribution in [1.29, 1.82) is 0 Å². The summed E-state index contributed by atoms with van der Waals surface area (Å²) in [6.45, 7) is 2.27. The number of aliphatic imine (C=N–C) groups is 1. The van der Waals surface area contributed by atoms with Crippen molar-refractivity contribution in [3.8, 4) is 5.75 Å². The Balaban J connectivity index is 1.26. The molecule has 1 saturated carbocycles. The normalized spacial score (nSPS) is 14.2. The molecule has 0 bridgehead atoms. The Hall–Kier alpha value is -3.02. The predicted molar refractivity (Wildman–Crippen MR) is 112 cm³/mol. The monoisotopic (exact) mass is 377 g/mol. The Kier molecular flexibility index (Phi) is 5.75. The molecule has 0 spiro atoms. The minimum Gasteiger partial charge on any atom is -0.493 e. The van der Waals surface area contributed by atoms with Crippen LogP contribution in [-0.4, -0.2) is 35.5 Å². The van der Waals surface area contributed by atoms with E-state index >= 15 is 0 Å². The lowest BCUT2D eigenvalue weighted by atomic mass is 10.2. The number of rotatable bonds is 8. The number of nitrogens with one attached hydrogen (secondary N) is 2. The van der Waals surface area contributed by atoms with E-state index in [1.807, 2.05) is 47.0 Å². The van der Waals surface area contributed by atoms with E-state index in [1.165, 1.54) is 12.8 Å². The third-order valence-corrected chi connectivity index (χ3v) is 4.90. The first-order valence-electron chi connectivity index (χ1n) is 9.89. The van der Waals surface area contributed by atoms with Crippen LogP contribution in [0, 0.1) is 5.92 Å². The smallest absolute Gasteiger partial charge is 0.191 e. The first kappa shape index (κ1) is 18.3. The van der Waals surface area contributed by atoms with E-state index in [0.717, 1.165) is 54.1 Å². The van der Waals surface area contributed by atoms with E-state index in [0.29, 0.717) is 6.54 Å². The van der Waals surface area contributed by atoms with Crippen molar-refractivity contribution < 1.29 is 4.74 Å². The van der Waals surface area contributed by atoms with Gasteiger partial charge in [-0.2, -0.15) is 0 Å². The van der Waals surface area contributed by atoms with Crippen LogP contribution in [0.15, 0.2) is 59.9 Å². The molecule has 28 heavy (non-hydrogen) atoms. The third kappa shape index (κ3) is 4.82. The highest BCUT2D eigenvalue weighted by atomic mass is 16.5. The molecule has 0 aliphatic heterocycles. The maximum absolute atomic E-state index is 5.98. The van der Waals surface area contributed by atoms with Gasteiger partial charge in [0.1, 0.15) is 11.4 Å². The number of hydrogen-bond acceptors (Lipinski definition) is 3. The quantitative estimate of drug-likeness (QED) is 0.468. The molecule has 146 valence electrons. The molecule has 1 aliphatic carbocycles. The fraction of sp³-hybridized carbons (Fsp3) is 0.364. The van der Waals surface area contributed by atoms with Crippen molar-refractivity contribution in [2.75, 3.05) is 20.2 Å². The van der Waals surface area contributed by atoms with E-state index in [-0.39, 0.29) is 0 Å². The molecule has 2 heterocycles. The molecule has 1 aromatic carbocycles. The van der Waals surface area contributed by atoms with Crippen molar-refractivity contribution in [3.05, 3.63) is 66.1 Å². The van der Waals surface area contributed by atoms with Crippen molar-refractivity contribution in [3.63, 3.8) is 0 Å². The highest BCUT2D eigenvalue weighted by Crippen LogP contribution is 2.30. The topological polar surface area (TPSA) is 63.0 Å². The number of aromatic nitrogens is 2. The van der Waals surface area contributed by atoms with Crippen LogP contribution in [0.3, 0.4) is 0 Å². The van der Waals surface area contributed by atoms with Crippen LogP contribution in [0.4, 0.5) is 0 Å². The van der Waals surface area contributed by atoms with E-state index in [4.69, 9.17) is 4.74 Å². The largest absolute Gasteiger partial charge is 0.493 e. The van der Waals surface area contributed by atoms with Crippen LogP contribution < -0.4 is 15.4 Å². The highest BCUT2D eigenvalue weighted by Gasteiger charge is 2.22. The summed E-state index contributed by atoms with van der Waals surface area (Å²) in [5.41, 5.74) is 3.18. The van der Waals surface area contributed by atoms with Gasteiger partial charge in [-0.25, -0.2) is 4.98 Å². The number of para-hydroxylation sites is 1. The zero-order chi connectivity index (χ0) is 19.2. The summed E-state index contributed by atoms with van der Waals surface area (Å²) in [4.78, 5) is 8.95. The number of benzene rings is 1. The second-order valence-corrected chi connectivity index (χ2v) is 7.16. The number of pyridine rings is 1. The summed E-state index contributed by atoms with van der Waals surface area (Å²) in [5.74, 6) is 2.48. The van der Waals surface area contributed by atoms with Crippen molar-refractivity contribution in [1.82, 2.24) is 20.0 Å². The van der Waals surface area contributed by atoms with Crippen LogP contribution in [0.5, 0.6) is 5.75 Å². The molecule has 0 unspecified atom stereocenters. The molecule has 3 aromatic rings. The molecule has 2 aromatic heterocycles. The number of ether oxygens (including phenoxy) is 1. The highest BCUT2D eigenvalue weighted by molar-refractivity contribution is 5.79. The Morgan fingerprint density at radius 1 is 1.18 bits per heavy atom. The van der Waals surface area contributed by atoms with E-state index in [2.05, 4.69) is 32.9 Å². The van der Waals surface area contributed by atoms with Crippen LogP contribution in [0.1, 0.15) is 24.1 Å². The van der Waals surface area contributed by atoms with Crippen LogP contribution in [0.25, 0.3) is 5.65 Å². The maximum atomic E-state index is 5.98. The van der Waals surface area contributed by atoms with Crippen LogP contribution in [0.2, 0.25) is 0 Å². The average molecular weight is 377 g/mol. The summed E-state index contributed by atoms with van der Waals surface area (Å²) in [6, 6.07) is 14.2. The standard InChI is InChI=1S/C22H27N5O/c1-23-22(24-12-11-19-15-27-13-5-4-8-21(27)26-19)25-14-18-6-2-3-7-20(18)28-16-17-9-10-17/h2-8,13,15,17H,9-12,14,16H2,1H3,(H2,23,24,25). The maximum Gasteiger partial charge on any atom is 0.191 e. The Morgan fingerprint density at radius 2 is 2.04 bits per heavy atom. The summed E-state index contributed by atoms with van der Waals surface area (Å²) < 4.78 is 8.03. The molecule has 6 nitrogen and oxygen atoms in total. The van der Waals surface area contributed by atoms with Gasteiger partial charge in [0.2, 0.25) is 0 Å². The number of guanidine groups is 1. The molecular formula is C22H27N5O. The SMILES string of the molecule is CN=C(NCCc1cn2ccccc2n1)NCc1ccccc1OCC1CC1. The van der Waals surface area contributed by atoms with Crippen LogP contribution in [-0.2, 0) is 13.0 Å². The van der Waals surface area contributed by atoms with Gasteiger partial charge in [-0.1, -0.05) is 24.3 Å². The van der Waals surface area contributed by atoms with Crippen molar-refractivity contribution in [2.45, 2.75) is 25.8 Å². The minimum atomic E-state index is 0.675. The van der Waals surface area contributed by atoms with Crippen LogP contribution >= 0.6 is 0 Å². The van der Waals surface area contributed by atoms with E-state index in [9.17, 15) is 0 Å². The number of fused-ring (bicyclic) bond motifs is 1. The molecular weight excluding hydrogens is 350 g/mol. The van der Waals surface area contributed by atoms with Crippen molar-refractivity contribution in [2.24, 2.45) is 10.9 Å². The Bertz CT molecular complexity index is 912. The molecule has 0 amide bonds. The predicted octanol–water partition coefficient (Wildman–Crippen LogP) is 3.03. The molecule has 0 saturated heterocycles. The molecule has 0 atom stereocenters. The van der Waals surface area contributed by atoms with Gasteiger partial charge in [-0.15, -0.1) is 0 Å². The summed E-state index contributed by atoms with van der Waals surface area (Å²) in [6.07, 6.45) is 7.51. The first-order valence-corrected chi connectivity index (χ1v) is 9.89. The lowest BCUT2D eigenvalue weighted by molar-refractivity contribution is 0.296. The molecule has 2 N–H and O–H groups in total. The Labute approximate surface area is 165 Å². The second-order valence-electron chi connectivity index (χ2n) is 7.16. The lowest BCUT2D eigenvalue weighted by Crippen LogP contribution is -2.38. The molecule has 4 rings (SSSR count). The second kappa shape index (κ2) is 8.78. The fourth-order valence-corrected chi connectivity index (χ4v) is 3.10. The summed E-state index contributed by atoms with van der Waals surface area (Å²) >= 11 is 0. The van der Waals surface area contributed by atoms with E-state index < -0.39 is 0 Å². The van der Waals surface area contributed by atoms with Gasteiger partial charge in [0.25, 0.3) is 0 Å². The van der Waals surface area contributed by atoms with E-state index in [1.54, 1.807) is 7.05 Å². The van der Waals surface area contributed by atoms with Gasteiger partial charge in [-0.3, -0.25) is 4.99 Å². The molecule has 1 fully saturated rings. The number of nitrogens with zero attached hydrogens (tertiary/aromatic N) is 3. The van der Waals surface area contributed by atoms with Gasteiger partial charge in [0.05, 0.1) is 12.3 Å². The first-order chi connectivity index (χ1) is 13.8. The van der Waals surface area contributed by atoms with Crippen molar-refractivity contribution >= 4 is 11.6 Å². The molecule has 6 heteroatoms. The zero-order valence-electron chi connectivity index (χ0n) is 16.3. The zero-order valence-corrected chi connectivity index (χ0v) is 16.3. The van der Waals surface area contributed by atoms with Gasteiger partial charge in [0.15, 0.2) is 5.96 Å². The number of imidazole rings is 1. The third-order valence-electron chi connectivity index (χ3n) is 4.90. The fourth-order valence-electron chi connectivity index (χ4n) is 3.10. The van der Waals surface area contributed by atoms with Gasteiger partial charge in [0, 0.05) is 44.5 Å². The minimum absolute atomic E-state index is 0.675. The molecule has 0 radical (unpaired) electrons. The average Bonchev–Trinajstić information content (AvgIpc) is 3.47. The van der Waals surface area contributed by atoms with Gasteiger partial charge in [-0.05, 0) is 37.0 Å². The summed E-state index contributed by atoms with van der Waals surface area (Å²) in [7, 11) is 1.79. The number of hydrogen-bond donors (Lipinski definition) is 2. The summed E-state index contributed by atoms with van der Waals surface area (Å²) in [5, 5.41) is 6.74.